The van der Waals surface area contributed by atoms with Gasteiger partial charge in [0.05, 0.1) is 0 Å². The number of nitrogens with one attached hydrogen (secondary N) is 3. The Hall–Kier alpha value is -2.29. The van der Waals surface area contributed by atoms with Crippen LogP contribution < -0.4 is 16.6 Å². The maximum absolute atomic E-state index is 11.5. The van der Waals surface area contributed by atoms with Crippen LogP contribution in [-0.4, -0.2) is 22.4 Å². The lowest BCUT2D eigenvalue weighted by atomic mass is 10.2. The van der Waals surface area contributed by atoms with Gasteiger partial charge in [0, 0.05) is 19.0 Å². The van der Waals surface area contributed by atoms with Crippen LogP contribution in [0, 0.1) is 12.3 Å². The maximum Gasteiger partial charge on any atom is 0.326 e. The van der Waals surface area contributed by atoms with Crippen molar-refractivity contribution in [2.24, 2.45) is 0 Å². The third-order valence-electron chi connectivity index (χ3n) is 2.04. The van der Waals surface area contributed by atoms with Crippen LogP contribution in [0.5, 0.6) is 0 Å². The van der Waals surface area contributed by atoms with Gasteiger partial charge < -0.3 is 10.3 Å². The van der Waals surface area contributed by atoms with Crippen molar-refractivity contribution in [1.82, 2.24) is 15.3 Å². The molecule has 0 aliphatic carbocycles. The van der Waals surface area contributed by atoms with Crippen molar-refractivity contribution in [1.29, 1.82) is 0 Å². The van der Waals surface area contributed by atoms with E-state index >= 15 is 0 Å². The van der Waals surface area contributed by atoms with Gasteiger partial charge >= 0.3 is 5.69 Å². The van der Waals surface area contributed by atoms with E-state index in [1.807, 2.05) is 4.98 Å². The lowest BCUT2D eigenvalue weighted by Gasteiger charge is -2.03. The Morgan fingerprint density at radius 1 is 1.35 bits per heavy atom. The highest BCUT2D eigenvalue weighted by molar-refractivity contribution is 5.91. The van der Waals surface area contributed by atoms with Gasteiger partial charge in [0.15, 0.2) is 0 Å². The van der Waals surface area contributed by atoms with E-state index in [9.17, 15) is 14.4 Å². The van der Waals surface area contributed by atoms with Crippen LogP contribution in [-0.2, 0) is 0 Å². The van der Waals surface area contributed by atoms with E-state index < -0.39 is 17.2 Å². The van der Waals surface area contributed by atoms with Crippen molar-refractivity contribution in [3.8, 4) is 12.3 Å². The van der Waals surface area contributed by atoms with Crippen molar-refractivity contribution in [2.75, 3.05) is 6.54 Å². The zero-order valence-corrected chi connectivity index (χ0v) is 9.21. The molecule has 1 aromatic heterocycles. The molecule has 1 aromatic rings. The van der Waals surface area contributed by atoms with E-state index in [1.165, 1.54) is 0 Å². The van der Waals surface area contributed by atoms with Gasteiger partial charge in [-0.15, -0.1) is 12.3 Å². The third kappa shape index (κ3) is 4.38. The molecule has 6 nitrogen and oxygen atoms in total. The molecule has 0 saturated heterocycles. The Balaban J connectivity index is 2.50. The summed E-state index contributed by atoms with van der Waals surface area (Å²) in [6, 6.07) is 1.04. The highest BCUT2D eigenvalue weighted by Gasteiger charge is 2.06. The Kier molecular flexibility index (Phi) is 4.76. The molecule has 0 fully saturated rings. The Bertz CT molecular complexity index is 508. The topological polar surface area (TPSA) is 94.8 Å². The van der Waals surface area contributed by atoms with Crippen molar-refractivity contribution in [3.63, 3.8) is 0 Å². The Morgan fingerprint density at radius 2 is 2.12 bits per heavy atom. The molecule has 0 unspecified atom stereocenters. The molecule has 1 rings (SSSR count). The van der Waals surface area contributed by atoms with Gasteiger partial charge in [0.2, 0.25) is 0 Å². The van der Waals surface area contributed by atoms with Crippen LogP contribution in [0.2, 0.25) is 0 Å². The lowest BCUT2D eigenvalue weighted by molar-refractivity contribution is 0.0947. The van der Waals surface area contributed by atoms with E-state index in [4.69, 9.17) is 6.42 Å². The molecule has 0 bridgehead atoms. The molecule has 0 aliphatic heterocycles. The molecule has 0 saturated carbocycles. The maximum atomic E-state index is 11.5. The van der Waals surface area contributed by atoms with E-state index in [2.05, 4.69) is 16.2 Å². The fraction of sp³-hybridized carbons (Fsp3) is 0.364. The second-order valence-electron chi connectivity index (χ2n) is 3.42. The summed E-state index contributed by atoms with van der Waals surface area (Å²) in [5.74, 6) is 2.02. The quantitative estimate of drug-likeness (QED) is 0.478. The first kappa shape index (κ1) is 12.8. The second kappa shape index (κ2) is 6.33. The van der Waals surface area contributed by atoms with Gasteiger partial charge in [-0.2, -0.15) is 0 Å². The SMILES string of the molecule is C#CCCCCNC(=O)c1cc(=O)[nH]c(=O)[nH]1. The van der Waals surface area contributed by atoms with Gasteiger partial charge in [-0.3, -0.25) is 14.6 Å². The fourth-order valence-electron chi connectivity index (χ4n) is 1.24. The Morgan fingerprint density at radius 3 is 2.76 bits per heavy atom. The van der Waals surface area contributed by atoms with E-state index in [-0.39, 0.29) is 5.69 Å². The largest absolute Gasteiger partial charge is 0.351 e. The number of terminal acetylenes is 1. The number of aromatic amines is 2. The summed E-state index contributed by atoms with van der Waals surface area (Å²) >= 11 is 0. The minimum atomic E-state index is -0.699. The molecule has 0 spiro atoms. The molecule has 0 atom stereocenters. The highest BCUT2D eigenvalue weighted by atomic mass is 16.2. The smallest absolute Gasteiger partial charge is 0.326 e. The molecule has 3 N–H and O–H groups in total. The fourth-order valence-corrected chi connectivity index (χ4v) is 1.24. The Labute approximate surface area is 97.5 Å². The first-order valence-corrected chi connectivity index (χ1v) is 5.19. The summed E-state index contributed by atoms with van der Waals surface area (Å²) in [4.78, 5) is 37.6. The number of rotatable bonds is 5. The number of unbranched alkanes of at least 4 members (excludes halogenated alkanes) is 2. The number of H-pyrrole nitrogens is 2. The summed E-state index contributed by atoms with van der Waals surface area (Å²) in [5.41, 5.74) is -1.35. The molecule has 17 heavy (non-hydrogen) atoms. The molecule has 1 amide bonds. The number of carbonyl (C=O) groups excluding carboxylic acids is 1. The van der Waals surface area contributed by atoms with Crippen molar-refractivity contribution in [3.05, 3.63) is 32.6 Å². The number of amides is 1. The van der Waals surface area contributed by atoms with Crippen molar-refractivity contribution < 1.29 is 4.79 Å². The molecular formula is C11H13N3O3. The number of hydrogen-bond donors (Lipinski definition) is 3. The lowest BCUT2D eigenvalue weighted by Crippen LogP contribution is -2.31. The zero-order chi connectivity index (χ0) is 12.7. The van der Waals surface area contributed by atoms with Crippen LogP contribution in [0.25, 0.3) is 0 Å². The molecule has 0 aromatic carbocycles. The van der Waals surface area contributed by atoms with Gasteiger partial charge in [0.1, 0.15) is 5.69 Å². The average Bonchev–Trinajstić information content (AvgIpc) is 2.27. The average molecular weight is 235 g/mol. The van der Waals surface area contributed by atoms with E-state index in [1.54, 1.807) is 0 Å². The van der Waals surface area contributed by atoms with Gasteiger partial charge in [0.25, 0.3) is 11.5 Å². The molecular weight excluding hydrogens is 222 g/mol. The van der Waals surface area contributed by atoms with Crippen LogP contribution in [0.15, 0.2) is 15.7 Å². The van der Waals surface area contributed by atoms with E-state index in [0.29, 0.717) is 13.0 Å². The standard InChI is InChI=1S/C11H13N3O3/c1-2-3-4-5-6-12-10(16)8-7-9(15)14-11(17)13-8/h1,7H,3-6H2,(H,12,16)(H2,13,14,15,17). The van der Waals surface area contributed by atoms with E-state index in [0.717, 1.165) is 18.9 Å². The van der Waals surface area contributed by atoms with Crippen LogP contribution >= 0.6 is 0 Å². The molecule has 90 valence electrons. The minimum Gasteiger partial charge on any atom is -0.351 e. The van der Waals surface area contributed by atoms with Gasteiger partial charge in [-0.1, -0.05) is 0 Å². The predicted octanol–water partition coefficient (Wildman–Crippen LogP) is -0.404. The van der Waals surface area contributed by atoms with Gasteiger partial charge in [-0.05, 0) is 12.8 Å². The van der Waals surface area contributed by atoms with Crippen LogP contribution in [0.3, 0.4) is 0 Å². The first-order valence-electron chi connectivity index (χ1n) is 5.19. The van der Waals surface area contributed by atoms with Gasteiger partial charge in [-0.25, -0.2) is 4.79 Å². The molecule has 0 aliphatic rings. The minimum absolute atomic E-state index is 0.0456. The first-order chi connectivity index (χ1) is 8.13. The normalized spacial score (nSPS) is 9.59. The highest BCUT2D eigenvalue weighted by Crippen LogP contribution is 1.92. The number of hydrogen-bond acceptors (Lipinski definition) is 3. The summed E-state index contributed by atoms with van der Waals surface area (Å²) in [7, 11) is 0. The molecule has 0 radical (unpaired) electrons. The van der Waals surface area contributed by atoms with Crippen molar-refractivity contribution in [2.45, 2.75) is 19.3 Å². The van der Waals surface area contributed by atoms with Crippen molar-refractivity contribution >= 4 is 5.91 Å². The number of aromatic nitrogens is 2. The monoisotopic (exact) mass is 235 g/mol. The summed E-state index contributed by atoms with van der Waals surface area (Å²) in [6.45, 7) is 0.454. The number of carbonyl (C=O) groups is 1. The third-order valence-corrected chi connectivity index (χ3v) is 2.04. The van der Waals surface area contributed by atoms with Crippen LogP contribution in [0.1, 0.15) is 29.8 Å². The summed E-state index contributed by atoms with van der Waals surface area (Å²) in [5, 5.41) is 2.58. The predicted molar refractivity (Wildman–Crippen MR) is 62.7 cm³/mol. The molecule has 1 heterocycles. The summed E-state index contributed by atoms with van der Waals surface area (Å²) in [6.07, 6.45) is 7.32. The second-order valence-corrected chi connectivity index (χ2v) is 3.42. The van der Waals surface area contributed by atoms with Crippen LogP contribution in [0.4, 0.5) is 0 Å². The zero-order valence-electron chi connectivity index (χ0n) is 9.21. The summed E-state index contributed by atoms with van der Waals surface area (Å²) < 4.78 is 0. The molecule has 6 heteroatoms.